The van der Waals surface area contributed by atoms with E-state index < -0.39 is 27.1 Å². The summed E-state index contributed by atoms with van der Waals surface area (Å²) in [5, 5.41) is 3.72. The molecule has 1 unspecified atom stereocenters. The number of nitrogens with zero attached hydrogens (tertiary/aromatic N) is 4. The first kappa shape index (κ1) is 16.9. The fourth-order valence-corrected chi connectivity index (χ4v) is 4.73. The lowest BCUT2D eigenvalue weighted by molar-refractivity contribution is 0.00580. The van der Waals surface area contributed by atoms with Gasteiger partial charge in [0.05, 0.1) is 17.5 Å². The van der Waals surface area contributed by atoms with E-state index in [1.54, 1.807) is 25.7 Å². The molecule has 1 atom stereocenters. The molecule has 0 radical (unpaired) electrons. The molecule has 22 heavy (non-hydrogen) atoms. The van der Waals surface area contributed by atoms with Crippen molar-refractivity contribution in [1.82, 2.24) is 4.90 Å². The summed E-state index contributed by atoms with van der Waals surface area (Å²) in [6, 6.07) is -0.335. The molecule has 9 heteroatoms. The van der Waals surface area contributed by atoms with E-state index in [9.17, 15) is 13.2 Å². The maximum Gasteiger partial charge on any atom is 0.410 e. The number of ether oxygens (including phenoxy) is 1. The summed E-state index contributed by atoms with van der Waals surface area (Å²) in [6.07, 6.45) is 0.756. The van der Waals surface area contributed by atoms with Gasteiger partial charge in [0.2, 0.25) is 0 Å². The van der Waals surface area contributed by atoms with Crippen molar-refractivity contribution in [3.05, 3.63) is 10.4 Å². The maximum atomic E-state index is 12.5. The Kier molecular flexibility index (Phi) is 4.32. The Morgan fingerprint density at radius 1 is 1.36 bits per heavy atom. The molecule has 124 valence electrons. The van der Waals surface area contributed by atoms with Gasteiger partial charge in [-0.25, -0.2) is 13.2 Å². The minimum atomic E-state index is -3.04. The summed E-state index contributed by atoms with van der Waals surface area (Å²) >= 11 is 0. The lowest BCUT2D eigenvalue weighted by Crippen LogP contribution is -2.53. The van der Waals surface area contributed by atoms with Gasteiger partial charge in [-0.3, -0.25) is 0 Å². The summed E-state index contributed by atoms with van der Waals surface area (Å²) < 4.78 is 28.8. The second kappa shape index (κ2) is 5.62. The second-order valence-corrected chi connectivity index (χ2v) is 9.33. The summed E-state index contributed by atoms with van der Waals surface area (Å²) in [5.41, 5.74) is 7.43. The summed E-state index contributed by atoms with van der Waals surface area (Å²) in [7, 11) is -3.04. The Morgan fingerprint density at radius 3 is 2.45 bits per heavy atom. The second-order valence-electron chi connectivity index (χ2n) is 7.03. The average molecular weight is 330 g/mol. The van der Waals surface area contributed by atoms with Gasteiger partial charge in [-0.05, 0) is 45.6 Å². The maximum absolute atomic E-state index is 12.5. The van der Waals surface area contributed by atoms with Crippen molar-refractivity contribution in [2.24, 2.45) is 5.11 Å². The third-order valence-electron chi connectivity index (χ3n) is 4.17. The largest absolute Gasteiger partial charge is 0.444 e. The first-order chi connectivity index (χ1) is 10.1. The van der Waals surface area contributed by atoms with Crippen molar-refractivity contribution >= 4 is 15.9 Å². The number of hydrogen-bond donors (Lipinski definition) is 0. The number of sulfone groups is 1. The van der Waals surface area contributed by atoms with E-state index in [4.69, 9.17) is 10.3 Å². The van der Waals surface area contributed by atoms with E-state index in [2.05, 4.69) is 10.0 Å². The van der Waals surface area contributed by atoms with Gasteiger partial charge in [0.15, 0.2) is 0 Å². The summed E-state index contributed by atoms with van der Waals surface area (Å²) in [4.78, 5) is 16.9. The fourth-order valence-electron chi connectivity index (χ4n) is 3.15. The van der Waals surface area contributed by atoms with Crippen LogP contribution in [0.25, 0.3) is 10.4 Å². The molecule has 0 N–H and O–H groups in total. The van der Waals surface area contributed by atoms with Crippen molar-refractivity contribution in [3.8, 4) is 0 Å². The smallest absolute Gasteiger partial charge is 0.410 e. The lowest BCUT2D eigenvalue weighted by Gasteiger charge is -2.41. The zero-order chi connectivity index (χ0) is 16.6. The Hall–Kier alpha value is -1.47. The molecule has 0 aliphatic carbocycles. The third kappa shape index (κ3) is 3.64. The number of hydrogen-bond acceptors (Lipinski definition) is 5. The van der Waals surface area contributed by atoms with Crippen LogP contribution in [0.3, 0.4) is 0 Å². The van der Waals surface area contributed by atoms with Crippen LogP contribution in [-0.2, 0) is 14.6 Å². The van der Waals surface area contributed by atoms with E-state index in [1.165, 1.54) is 0 Å². The first-order valence-corrected chi connectivity index (χ1v) is 9.14. The number of likely N-dealkylation sites (tertiary alicyclic amines) is 1. The van der Waals surface area contributed by atoms with Crippen LogP contribution in [0.1, 0.15) is 40.0 Å². The van der Waals surface area contributed by atoms with Crippen LogP contribution in [0, 0.1) is 0 Å². The molecule has 8 nitrogen and oxygen atoms in total. The van der Waals surface area contributed by atoms with Crippen LogP contribution in [0.2, 0.25) is 0 Å². The van der Waals surface area contributed by atoms with Crippen LogP contribution in [0.4, 0.5) is 4.79 Å². The van der Waals surface area contributed by atoms with Crippen molar-refractivity contribution < 1.29 is 17.9 Å². The summed E-state index contributed by atoms with van der Waals surface area (Å²) in [6.45, 7) is 5.62. The summed E-state index contributed by atoms with van der Waals surface area (Å²) in [5.74, 6) is 0.102. The molecule has 2 heterocycles. The number of rotatable bonds is 1. The van der Waals surface area contributed by atoms with Crippen LogP contribution < -0.4 is 0 Å². The molecule has 0 bridgehead atoms. The highest BCUT2D eigenvalue weighted by Gasteiger charge is 2.51. The molecule has 0 saturated carbocycles. The van der Waals surface area contributed by atoms with E-state index in [1.807, 2.05) is 0 Å². The Labute approximate surface area is 130 Å². The van der Waals surface area contributed by atoms with E-state index >= 15 is 0 Å². The third-order valence-corrected chi connectivity index (χ3v) is 5.82. The quantitative estimate of drug-likeness (QED) is 0.417. The van der Waals surface area contributed by atoms with Gasteiger partial charge in [0.1, 0.15) is 15.4 Å². The van der Waals surface area contributed by atoms with Gasteiger partial charge in [-0.15, -0.1) is 0 Å². The van der Waals surface area contributed by atoms with Crippen LogP contribution in [-0.4, -0.2) is 54.6 Å². The van der Waals surface area contributed by atoms with E-state index in [-0.39, 0.29) is 24.1 Å². The van der Waals surface area contributed by atoms with Crippen molar-refractivity contribution in [2.75, 3.05) is 18.1 Å². The number of amides is 1. The minimum Gasteiger partial charge on any atom is -0.444 e. The highest BCUT2D eigenvalue weighted by atomic mass is 32.2. The molecule has 2 aliphatic heterocycles. The van der Waals surface area contributed by atoms with E-state index in [0.29, 0.717) is 19.3 Å². The molecule has 2 fully saturated rings. The van der Waals surface area contributed by atoms with Gasteiger partial charge in [0, 0.05) is 17.0 Å². The van der Waals surface area contributed by atoms with Crippen LogP contribution in [0.5, 0.6) is 0 Å². The monoisotopic (exact) mass is 330 g/mol. The molecule has 0 aromatic carbocycles. The zero-order valence-electron chi connectivity index (χ0n) is 13.2. The Balaban J connectivity index is 2.24. The molecular weight excluding hydrogens is 308 g/mol. The number of carbonyl (C=O) groups excluding carboxylic acids is 1. The Bertz CT molecular complexity index is 590. The molecule has 0 aromatic heterocycles. The van der Waals surface area contributed by atoms with Gasteiger partial charge < -0.3 is 9.64 Å². The van der Waals surface area contributed by atoms with Crippen molar-refractivity contribution in [1.29, 1.82) is 0 Å². The molecule has 2 rings (SSSR count). The average Bonchev–Trinajstić information content (AvgIpc) is 2.71. The van der Waals surface area contributed by atoms with Gasteiger partial charge in [-0.1, -0.05) is 5.11 Å². The standard InChI is InChI=1S/C13H22N4O4S/c1-12(2,3)21-11(18)17-9-10(15-16-14)8-13(17)4-6-22(19,20)7-5-13/h10H,4-9H2,1-3H3. The molecular formula is C13H22N4O4S. The highest BCUT2D eigenvalue weighted by molar-refractivity contribution is 7.91. The molecule has 2 saturated heterocycles. The van der Waals surface area contributed by atoms with Gasteiger partial charge >= 0.3 is 6.09 Å². The van der Waals surface area contributed by atoms with Gasteiger partial charge in [-0.2, -0.15) is 0 Å². The topological polar surface area (TPSA) is 112 Å². The molecule has 2 aliphatic rings. The molecule has 0 aromatic rings. The highest BCUT2D eigenvalue weighted by Crippen LogP contribution is 2.41. The fraction of sp³-hybridized carbons (Fsp3) is 0.923. The van der Waals surface area contributed by atoms with Crippen LogP contribution >= 0.6 is 0 Å². The molecule has 1 amide bonds. The minimum absolute atomic E-state index is 0.0509. The lowest BCUT2D eigenvalue weighted by atomic mass is 9.88. The molecule has 1 spiro atoms. The zero-order valence-corrected chi connectivity index (χ0v) is 14.0. The van der Waals surface area contributed by atoms with Crippen molar-refractivity contribution in [2.45, 2.75) is 57.2 Å². The van der Waals surface area contributed by atoms with Crippen molar-refractivity contribution in [3.63, 3.8) is 0 Å². The number of carbonyl (C=O) groups is 1. The number of azide groups is 1. The predicted molar refractivity (Wildman–Crippen MR) is 81.1 cm³/mol. The van der Waals surface area contributed by atoms with E-state index in [0.717, 1.165) is 0 Å². The predicted octanol–water partition coefficient (Wildman–Crippen LogP) is 2.25. The normalized spacial score (nSPS) is 26.5. The SMILES string of the molecule is CC(C)(C)OC(=O)N1CC(N=[N+]=[N-])CC12CCS(=O)(=O)CC2. The Morgan fingerprint density at radius 2 is 1.95 bits per heavy atom. The van der Waals surface area contributed by atoms with Crippen LogP contribution in [0.15, 0.2) is 5.11 Å². The van der Waals surface area contributed by atoms with Gasteiger partial charge in [0.25, 0.3) is 0 Å². The first-order valence-electron chi connectivity index (χ1n) is 7.32.